The van der Waals surface area contributed by atoms with Crippen molar-refractivity contribution < 1.29 is 18.7 Å². The fourth-order valence-corrected chi connectivity index (χ4v) is 2.11. The molecule has 2 aromatic rings. The van der Waals surface area contributed by atoms with Gasteiger partial charge in [-0.2, -0.15) is 0 Å². The predicted octanol–water partition coefficient (Wildman–Crippen LogP) is 2.53. The number of amides is 2. The number of ether oxygens (including phenoxy) is 1. The highest BCUT2D eigenvalue weighted by Gasteiger charge is 2.06. The Balaban J connectivity index is 1.54. The van der Waals surface area contributed by atoms with E-state index < -0.39 is 5.82 Å². The van der Waals surface area contributed by atoms with Crippen LogP contribution in [0.1, 0.15) is 23.2 Å². The van der Waals surface area contributed by atoms with Crippen molar-refractivity contribution >= 4 is 11.8 Å². The fraction of sp³-hybridized carbons (Fsp3) is 0.263. The van der Waals surface area contributed by atoms with Gasteiger partial charge in [0.25, 0.3) is 5.91 Å². The van der Waals surface area contributed by atoms with Gasteiger partial charge >= 0.3 is 0 Å². The third-order valence-electron chi connectivity index (χ3n) is 3.41. The molecule has 2 rings (SSSR count). The number of hydrogen-bond acceptors (Lipinski definition) is 3. The molecule has 0 aliphatic heterocycles. The molecule has 0 fully saturated rings. The van der Waals surface area contributed by atoms with Crippen LogP contribution in [0.5, 0.6) is 5.75 Å². The van der Waals surface area contributed by atoms with E-state index in [1.807, 2.05) is 6.07 Å². The predicted molar refractivity (Wildman–Crippen MR) is 92.9 cm³/mol. The van der Waals surface area contributed by atoms with Crippen LogP contribution in [-0.2, 0) is 4.79 Å². The molecular weight excluding hydrogens is 323 g/mol. The molecule has 0 spiro atoms. The largest absolute Gasteiger partial charge is 0.490 e. The van der Waals surface area contributed by atoms with Crippen LogP contribution in [0, 0.1) is 5.82 Å². The zero-order valence-electron chi connectivity index (χ0n) is 13.8. The highest BCUT2D eigenvalue weighted by Crippen LogP contribution is 2.15. The van der Waals surface area contributed by atoms with Crippen molar-refractivity contribution in [3.05, 3.63) is 66.0 Å². The van der Waals surface area contributed by atoms with E-state index in [1.54, 1.807) is 42.5 Å². The van der Waals surface area contributed by atoms with Gasteiger partial charge in [0.05, 0.1) is 6.61 Å². The van der Waals surface area contributed by atoms with Crippen LogP contribution in [0.2, 0.25) is 0 Å². The Hall–Kier alpha value is -2.89. The summed E-state index contributed by atoms with van der Waals surface area (Å²) in [6.07, 6.45) is 0.767. The number of nitrogens with one attached hydrogen (secondary N) is 2. The molecule has 0 saturated heterocycles. The van der Waals surface area contributed by atoms with Gasteiger partial charge in [-0.1, -0.05) is 30.3 Å². The maximum absolute atomic E-state index is 13.3. The van der Waals surface area contributed by atoms with E-state index >= 15 is 0 Å². The van der Waals surface area contributed by atoms with Crippen molar-refractivity contribution in [2.75, 3.05) is 19.7 Å². The lowest BCUT2D eigenvalue weighted by molar-refractivity contribution is -0.120. The number of benzene rings is 2. The van der Waals surface area contributed by atoms with Gasteiger partial charge in [-0.15, -0.1) is 0 Å². The molecule has 6 heteroatoms. The fourth-order valence-electron chi connectivity index (χ4n) is 2.11. The monoisotopic (exact) mass is 344 g/mol. The molecule has 0 aliphatic rings. The molecule has 0 aliphatic carbocycles. The van der Waals surface area contributed by atoms with E-state index in [4.69, 9.17) is 4.74 Å². The molecule has 0 saturated carbocycles. The molecule has 0 unspecified atom stereocenters. The molecular formula is C19H21FN2O3. The number of halogens is 1. The smallest absolute Gasteiger partial charge is 0.251 e. The minimum Gasteiger partial charge on any atom is -0.490 e. The normalized spacial score (nSPS) is 10.1. The summed E-state index contributed by atoms with van der Waals surface area (Å²) >= 11 is 0. The standard InChI is InChI=1S/C19H21FN2O3/c20-16-9-4-5-10-17(16)25-14-6-12-21-18(23)11-13-22-19(24)15-7-2-1-3-8-15/h1-5,7-10H,6,11-14H2,(H,21,23)(H,22,24). The summed E-state index contributed by atoms with van der Waals surface area (Å²) in [6.45, 7) is 1.01. The number of hydrogen-bond donors (Lipinski definition) is 2. The van der Waals surface area contributed by atoms with Crippen molar-refractivity contribution in [1.82, 2.24) is 10.6 Å². The summed E-state index contributed by atoms with van der Waals surface area (Å²) in [5.74, 6) is -0.552. The number of rotatable bonds is 9. The summed E-state index contributed by atoms with van der Waals surface area (Å²) in [4.78, 5) is 23.5. The summed E-state index contributed by atoms with van der Waals surface area (Å²) in [6, 6.07) is 15.0. The molecule has 2 aromatic carbocycles. The van der Waals surface area contributed by atoms with Gasteiger partial charge in [0.1, 0.15) is 0 Å². The third-order valence-corrected chi connectivity index (χ3v) is 3.41. The average Bonchev–Trinajstić information content (AvgIpc) is 2.63. The molecule has 0 radical (unpaired) electrons. The Morgan fingerprint density at radius 3 is 2.40 bits per heavy atom. The maximum Gasteiger partial charge on any atom is 0.251 e. The summed E-state index contributed by atoms with van der Waals surface area (Å²) in [5.41, 5.74) is 0.563. The second-order valence-corrected chi connectivity index (χ2v) is 5.35. The first kappa shape index (κ1) is 18.4. The van der Waals surface area contributed by atoms with Gasteiger partial charge in [0.15, 0.2) is 11.6 Å². The SMILES string of the molecule is O=C(CCNC(=O)c1ccccc1)NCCCOc1ccccc1F. The Morgan fingerprint density at radius 2 is 1.64 bits per heavy atom. The Bertz CT molecular complexity index is 692. The molecule has 2 amide bonds. The zero-order valence-corrected chi connectivity index (χ0v) is 13.8. The number of carbonyl (C=O) groups is 2. The van der Waals surface area contributed by atoms with Crippen molar-refractivity contribution in [2.24, 2.45) is 0 Å². The molecule has 5 nitrogen and oxygen atoms in total. The van der Waals surface area contributed by atoms with Crippen molar-refractivity contribution in [2.45, 2.75) is 12.8 Å². The molecule has 0 heterocycles. The second-order valence-electron chi connectivity index (χ2n) is 5.35. The average molecular weight is 344 g/mol. The molecule has 0 bridgehead atoms. The summed E-state index contributed by atoms with van der Waals surface area (Å²) < 4.78 is 18.6. The van der Waals surface area contributed by atoms with Crippen molar-refractivity contribution in [3.63, 3.8) is 0 Å². The first-order valence-electron chi connectivity index (χ1n) is 8.14. The lowest BCUT2D eigenvalue weighted by Gasteiger charge is -2.08. The first-order chi connectivity index (χ1) is 12.2. The Kier molecular flexibility index (Phi) is 7.43. The van der Waals surface area contributed by atoms with Gasteiger partial charge in [-0.25, -0.2) is 4.39 Å². The van der Waals surface area contributed by atoms with Gasteiger partial charge < -0.3 is 15.4 Å². The van der Waals surface area contributed by atoms with E-state index in [0.29, 0.717) is 25.1 Å². The molecule has 0 atom stereocenters. The van der Waals surface area contributed by atoms with Gasteiger partial charge in [0, 0.05) is 25.1 Å². The van der Waals surface area contributed by atoms with Crippen LogP contribution in [0.15, 0.2) is 54.6 Å². The molecule has 25 heavy (non-hydrogen) atoms. The van der Waals surface area contributed by atoms with Crippen LogP contribution >= 0.6 is 0 Å². The van der Waals surface area contributed by atoms with E-state index in [-0.39, 0.29) is 30.5 Å². The van der Waals surface area contributed by atoms with Gasteiger partial charge in [-0.3, -0.25) is 9.59 Å². The van der Waals surface area contributed by atoms with E-state index in [0.717, 1.165) is 0 Å². The Labute approximate surface area is 146 Å². The minimum absolute atomic E-state index is 0.153. The second kappa shape index (κ2) is 10.1. The highest BCUT2D eigenvalue weighted by molar-refractivity contribution is 5.94. The van der Waals surface area contributed by atoms with E-state index in [2.05, 4.69) is 10.6 Å². The zero-order chi connectivity index (χ0) is 17.9. The molecule has 2 N–H and O–H groups in total. The number of para-hydroxylation sites is 1. The van der Waals surface area contributed by atoms with Crippen LogP contribution < -0.4 is 15.4 Å². The van der Waals surface area contributed by atoms with E-state index in [9.17, 15) is 14.0 Å². The molecule has 0 aromatic heterocycles. The Morgan fingerprint density at radius 1 is 0.920 bits per heavy atom. The van der Waals surface area contributed by atoms with Crippen LogP contribution in [-0.4, -0.2) is 31.5 Å². The highest BCUT2D eigenvalue weighted by atomic mass is 19.1. The third kappa shape index (κ3) is 6.63. The summed E-state index contributed by atoms with van der Waals surface area (Å²) in [5, 5.41) is 5.43. The van der Waals surface area contributed by atoms with Crippen LogP contribution in [0.4, 0.5) is 4.39 Å². The molecule has 132 valence electrons. The summed E-state index contributed by atoms with van der Waals surface area (Å²) in [7, 11) is 0. The van der Waals surface area contributed by atoms with Crippen LogP contribution in [0.3, 0.4) is 0 Å². The van der Waals surface area contributed by atoms with Gasteiger partial charge in [0.2, 0.25) is 5.91 Å². The lowest BCUT2D eigenvalue weighted by atomic mass is 10.2. The topological polar surface area (TPSA) is 67.4 Å². The van der Waals surface area contributed by atoms with Crippen molar-refractivity contribution in [1.29, 1.82) is 0 Å². The van der Waals surface area contributed by atoms with E-state index in [1.165, 1.54) is 6.07 Å². The number of carbonyl (C=O) groups excluding carboxylic acids is 2. The lowest BCUT2D eigenvalue weighted by Crippen LogP contribution is -2.31. The quantitative estimate of drug-likeness (QED) is 0.687. The minimum atomic E-state index is -0.402. The van der Waals surface area contributed by atoms with Crippen LogP contribution in [0.25, 0.3) is 0 Å². The maximum atomic E-state index is 13.3. The van der Waals surface area contributed by atoms with Gasteiger partial charge in [-0.05, 0) is 30.7 Å². The first-order valence-corrected chi connectivity index (χ1v) is 8.14. The van der Waals surface area contributed by atoms with Crippen molar-refractivity contribution in [3.8, 4) is 5.75 Å².